The van der Waals surface area contributed by atoms with Crippen LogP contribution in [0.25, 0.3) is 0 Å². The molecule has 134 valence electrons. The van der Waals surface area contributed by atoms with Crippen molar-refractivity contribution in [1.82, 2.24) is 0 Å². The third kappa shape index (κ3) is 5.09. The number of hydrogen-bond acceptors (Lipinski definition) is 2. The second kappa shape index (κ2) is 7.61. The molecule has 0 saturated heterocycles. The fourth-order valence-electron chi connectivity index (χ4n) is 1.78. The Balaban J connectivity index is 2.24. The molecule has 0 heterocycles. The Kier molecular flexibility index (Phi) is 5.95. The molecule has 2 aromatic rings. The molecular formula is C16H11BrClF4NO2. The maximum Gasteiger partial charge on any atom is 0.416 e. The highest BCUT2D eigenvalue weighted by Gasteiger charge is 2.31. The van der Waals surface area contributed by atoms with Gasteiger partial charge in [-0.2, -0.15) is 13.2 Å². The van der Waals surface area contributed by atoms with Gasteiger partial charge in [0.1, 0.15) is 17.3 Å². The first-order valence-electron chi connectivity index (χ1n) is 6.87. The third-order valence-electron chi connectivity index (χ3n) is 3.05. The molecule has 1 N–H and O–H groups in total. The Bertz CT molecular complexity index is 796. The second-order valence-corrected chi connectivity index (χ2v) is 6.77. The molecule has 0 bridgehead atoms. The lowest BCUT2D eigenvalue weighted by atomic mass is 10.2. The van der Waals surface area contributed by atoms with Gasteiger partial charge in [0.15, 0.2) is 0 Å². The van der Waals surface area contributed by atoms with Crippen LogP contribution in [-0.4, -0.2) is 10.7 Å². The molecule has 0 spiro atoms. The van der Waals surface area contributed by atoms with E-state index in [4.69, 9.17) is 16.3 Å². The molecule has 2 aromatic carbocycles. The number of anilines is 1. The summed E-state index contributed by atoms with van der Waals surface area (Å²) in [6.45, 7) is 1.57. The van der Waals surface area contributed by atoms with Gasteiger partial charge >= 0.3 is 6.18 Å². The minimum atomic E-state index is -4.56. The topological polar surface area (TPSA) is 38.3 Å². The highest BCUT2D eigenvalue weighted by molar-refractivity contribution is 9.10. The summed E-state index contributed by atoms with van der Waals surface area (Å²) in [6, 6.07) is 6.05. The summed E-state index contributed by atoms with van der Waals surface area (Å²) in [5, 5.41) is 2.29. The van der Waals surface area contributed by atoms with E-state index in [2.05, 4.69) is 21.2 Å². The first kappa shape index (κ1) is 19.5. The summed E-state index contributed by atoms with van der Waals surface area (Å²) in [7, 11) is 0. The summed E-state index contributed by atoms with van der Waals surface area (Å²) in [4.78, 5) is 11.0. The summed E-state index contributed by atoms with van der Waals surface area (Å²) in [5.41, 5.74) is -1.03. The molecular weight excluding hydrogens is 430 g/mol. The van der Waals surface area contributed by atoms with Crippen LogP contribution in [0.1, 0.15) is 12.5 Å². The SMILES string of the molecule is CC(Br)C(=O)Nc1ccc(Oc2cc(C(F)(F)F)ccc2Cl)cc1F. The molecule has 1 atom stereocenters. The van der Waals surface area contributed by atoms with Crippen LogP contribution in [0.3, 0.4) is 0 Å². The van der Waals surface area contributed by atoms with Crippen molar-refractivity contribution in [2.24, 2.45) is 0 Å². The molecule has 1 amide bonds. The second-order valence-electron chi connectivity index (χ2n) is 4.99. The van der Waals surface area contributed by atoms with Crippen LogP contribution < -0.4 is 10.1 Å². The molecule has 0 aliphatic carbocycles. The van der Waals surface area contributed by atoms with Crippen molar-refractivity contribution in [2.45, 2.75) is 17.9 Å². The van der Waals surface area contributed by atoms with Crippen LogP contribution in [0.2, 0.25) is 5.02 Å². The number of nitrogens with one attached hydrogen (secondary N) is 1. The Morgan fingerprint density at radius 3 is 2.48 bits per heavy atom. The summed E-state index contributed by atoms with van der Waals surface area (Å²) < 4.78 is 57.5. The molecule has 0 aliphatic heterocycles. The molecule has 0 fully saturated rings. The minimum Gasteiger partial charge on any atom is -0.456 e. The van der Waals surface area contributed by atoms with E-state index >= 15 is 0 Å². The largest absolute Gasteiger partial charge is 0.456 e. The van der Waals surface area contributed by atoms with Gasteiger partial charge in [0.05, 0.1) is 21.1 Å². The van der Waals surface area contributed by atoms with Crippen molar-refractivity contribution < 1.29 is 27.1 Å². The zero-order valence-corrected chi connectivity index (χ0v) is 15.0. The lowest BCUT2D eigenvalue weighted by Crippen LogP contribution is -2.20. The number of alkyl halides is 4. The Morgan fingerprint density at radius 2 is 1.92 bits per heavy atom. The number of hydrogen-bond donors (Lipinski definition) is 1. The van der Waals surface area contributed by atoms with Crippen LogP contribution >= 0.6 is 27.5 Å². The lowest BCUT2D eigenvalue weighted by molar-refractivity contribution is -0.137. The Labute approximate surface area is 154 Å². The average molecular weight is 441 g/mol. The number of rotatable bonds is 4. The van der Waals surface area contributed by atoms with Gasteiger partial charge in [-0.1, -0.05) is 27.5 Å². The maximum absolute atomic E-state index is 14.0. The predicted octanol–water partition coefficient (Wildman–Crippen LogP) is 6.01. The molecule has 3 nitrogen and oxygen atoms in total. The van der Waals surface area contributed by atoms with Gasteiger partial charge in [-0.05, 0) is 37.3 Å². The normalized spacial score (nSPS) is 12.6. The molecule has 9 heteroatoms. The number of carbonyl (C=O) groups excluding carboxylic acids is 1. The van der Waals surface area contributed by atoms with E-state index < -0.39 is 28.3 Å². The zero-order valence-electron chi connectivity index (χ0n) is 12.6. The highest BCUT2D eigenvalue weighted by Crippen LogP contribution is 2.37. The van der Waals surface area contributed by atoms with Gasteiger partial charge in [0.2, 0.25) is 5.91 Å². The van der Waals surface area contributed by atoms with Gasteiger partial charge in [0.25, 0.3) is 0 Å². The lowest BCUT2D eigenvalue weighted by Gasteiger charge is -2.13. The monoisotopic (exact) mass is 439 g/mol. The van der Waals surface area contributed by atoms with Crippen LogP contribution in [0, 0.1) is 5.82 Å². The van der Waals surface area contributed by atoms with Crippen molar-refractivity contribution in [3.63, 3.8) is 0 Å². The van der Waals surface area contributed by atoms with Crippen molar-refractivity contribution in [3.05, 3.63) is 52.8 Å². The minimum absolute atomic E-state index is 0.0566. The standard InChI is InChI=1S/C16H11BrClF4NO2/c1-8(17)15(24)23-13-5-3-10(7-12(13)19)25-14-6-9(16(20,21)22)2-4-11(14)18/h2-8H,1H3,(H,23,24). The van der Waals surface area contributed by atoms with Crippen molar-refractivity contribution in [2.75, 3.05) is 5.32 Å². The van der Waals surface area contributed by atoms with E-state index in [1.807, 2.05) is 0 Å². The molecule has 0 aliphatic rings. The summed E-state index contributed by atoms with van der Waals surface area (Å²) in [6.07, 6.45) is -4.56. The van der Waals surface area contributed by atoms with Gasteiger partial charge in [-0.15, -0.1) is 0 Å². The van der Waals surface area contributed by atoms with Crippen LogP contribution in [0.5, 0.6) is 11.5 Å². The number of halogens is 6. The van der Waals surface area contributed by atoms with E-state index in [9.17, 15) is 22.4 Å². The van der Waals surface area contributed by atoms with Crippen LogP contribution in [-0.2, 0) is 11.0 Å². The maximum atomic E-state index is 14.0. The van der Waals surface area contributed by atoms with E-state index in [0.717, 1.165) is 24.3 Å². The Hall–Kier alpha value is -1.80. The molecule has 0 aromatic heterocycles. The molecule has 1 unspecified atom stereocenters. The number of benzene rings is 2. The quantitative estimate of drug-likeness (QED) is 0.467. The van der Waals surface area contributed by atoms with Crippen LogP contribution in [0.4, 0.5) is 23.2 Å². The summed E-state index contributed by atoms with van der Waals surface area (Å²) in [5.74, 6) is -1.58. The molecule has 0 saturated carbocycles. The smallest absolute Gasteiger partial charge is 0.416 e. The van der Waals surface area contributed by atoms with E-state index in [1.54, 1.807) is 6.92 Å². The van der Waals surface area contributed by atoms with E-state index in [-0.39, 0.29) is 22.2 Å². The van der Waals surface area contributed by atoms with Gasteiger partial charge in [-0.3, -0.25) is 4.79 Å². The number of amides is 1. The first-order valence-corrected chi connectivity index (χ1v) is 8.16. The third-order valence-corrected chi connectivity index (χ3v) is 3.77. The molecule has 2 rings (SSSR count). The van der Waals surface area contributed by atoms with Gasteiger partial charge in [-0.25, -0.2) is 4.39 Å². The highest BCUT2D eigenvalue weighted by atomic mass is 79.9. The number of carbonyl (C=O) groups is 1. The van der Waals surface area contributed by atoms with E-state index in [0.29, 0.717) is 0 Å². The fraction of sp³-hybridized carbons (Fsp3) is 0.188. The van der Waals surface area contributed by atoms with Crippen molar-refractivity contribution in [1.29, 1.82) is 0 Å². The number of ether oxygens (including phenoxy) is 1. The van der Waals surface area contributed by atoms with Crippen molar-refractivity contribution in [3.8, 4) is 11.5 Å². The van der Waals surface area contributed by atoms with Gasteiger partial charge < -0.3 is 10.1 Å². The van der Waals surface area contributed by atoms with Crippen LogP contribution in [0.15, 0.2) is 36.4 Å². The zero-order chi connectivity index (χ0) is 18.8. The van der Waals surface area contributed by atoms with Gasteiger partial charge in [0, 0.05) is 6.07 Å². The van der Waals surface area contributed by atoms with Crippen molar-refractivity contribution >= 4 is 39.1 Å². The Morgan fingerprint density at radius 1 is 1.24 bits per heavy atom. The fourth-order valence-corrected chi connectivity index (χ4v) is 2.05. The predicted molar refractivity (Wildman–Crippen MR) is 89.9 cm³/mol. The first-order chi connectivity index (χ1) is 11.6. The average Bonchev–Trinajstić information content (AvgIpc) is 2.50. The summed E-state index contributed by atoms with van der Waals surface area (Å²) >= 11 is 8.87. The van der Waals surface area contributed by atoms with E-state index in [1.165, 1.54) is 12.1 Å². The molecule has 25 heavy (non-hydrogen) atoms. The molecule has 0 radical (unpaired) electrons.